The van der Waals surface area contributed by atoms with E-state index in [1.165, 1.54) is 5.56 Å². The molecule has 0 saturated carbocycles. The number of carbonyl (C=O) groups excluding carboxylic acids is 1. The quantitative estimate of drug-likeness (QED) is 0.559. The fraction of sp³-hybridized carbons (Fsp3) is 0.333. The van der Waals surface area contributed by atoms with Gasteiger partial charge < -0.3 is 15.4 Å². The van der Waals surface area contributed by atoms with Crippen molar-refractivity contribution in [1.82, 2.24) is 24.9 Å². The number of rotatable bonds is 9. The zero-order chi connectivity index (χ0) is 20.6. The molecule has 30 heavy (non-hydrogen) atoms. The summed E-state index contributed by atoms with van der Waals surface area (Å²) in [7, 11) is 0. The van der Waals surface area contributed by atoms with Crippen molar-refractivity contribution in [3.8, 4) is 11.7 Å². The lowest BCUT2D eigenvalue weighted by molar-refractivity contribution is 0.0761. The van der Waals surface area contributed by atoms with E-state index in [2.05, 4.69) is 27.4 Å². The molecule has 2 N–H and O–H groups in total. The SMILES string of the molecule is CCOc1ccc(-n2ncc(C(=O)N(CCN)CCc3ccccc3)c2C)nn1.Cl. The second-order valence-corrected chi connectivity index (χ2v) is 6.53. The summed E-state index contributed by atoms with van der Waals surface area (Å²) < 4.78 is 6.92. The predicted molar refractivity (Wildman–Crippen MR) is 117 cm³/mol. The van der Waals surface area contributed by atoms with Gasteiger partial charge in [-0.25, -0.2) is 4.68 Å². The third-order valence-corrected chi connectivity index (χ3v) is 4.57. The summed E-state index contributed by atoms with van der Waals surface area (Å²) in [5.74, 6) is 0.890. The zero-order valence-corrected chi connectivity index (χ0v) is 18.0. The number of aromatic nitrogens is 4. The van der Waals surface area contributed by atoms with Crippen molar-refractivity contribution < 1.29 is 9.53 Å². The van der Waals surface area contributed by atoms with Crippen LogP contribution in [0.25, 0.3) is 5.82 Å². The van der Waals surface area contributed by atoms with Gasteiger partial charge in [0.15, 0.2) is 5.82 Å². The topological polar surface area (TPSA) is 99.2 Å². The van der Waals surface area contributed by atoms with Crippen LogP contribution in [0.15, 0.2) is 48.7 Å². The number of nitrogens with two attached hydrogens (primary N) is 1. The average molecular weight is 431 g/mol. The Morgan fingerprint density at radius 2 is 1.90 bits per heavy atom. The van der Waals surface area contributed by atoms with Gasteiger partial charge >= 0.3 is 0 Å². The predicted octanol–water partition coefficient (Wildman–Crippen LogP) is 2.43. The van der Waals surface area contributed by atoms with E-state index in [4.69, 9.17) is 10.5 Å². The smallest absolute Gasteiger partial charge is 0.257 e. The van der Waals surface area contributed by atoms with E-state index in [0.717, 1.165) is 6.42 Å². The Kier molecular flexibility index (Phi) is 8.76. The molecule has 1 amide bonds. The lowest BCUT2D eigenvalue weighted by atomic mass is 10.1. The average Bonchev–Trinajstić information content (AvgIpc) is 3.13. The number of nitrogens with zero attached hydrogens (tertiary/aromatic N) is 5. The molecule has 8 nitrogen and oxygen atoms in total. The fourth-order valence-corrected chi connectivity index (χ4v) is 3.05. The zero-order valence-electron chi connectivity index (χ0n) is 17.2. The van der Waals surface area contributed by atoms with Crippen molar-refractivity contribution >= 4 is 18.3 Å². The van der Waals surface area contributed by atoms with Gasteiger partial charge in [-0.2, -0.15) is 5.10 Å². The fourth-order valence-electron chi connectivity index (χ4n) is 3.05. The molecule has 0 aliphatic carbocycles. The molecule has 2 heterocycles. The van der Waals surface area contributed by atoms with Crippen molar-refractivity contribution in [1.29, 1.82) is 0 Å². The third-order valence-electron chi connectivity index (χ3n) is 4.57. The number of amides is 1. The number of benzene rings is 1. The Labute approximate surface area is 182 Å². The van der Waals surface area contributed by atoms with Gasteiger partial charge in [-0.15, -0.1) is 22.6 Å². The van der Waals surface area contributed by atoms with Gasteiger partial charge in [0.2, 0.25) is 5.88 Å². The summed E-state index contributed by atoms with van der Waals surface area (Å²) in [5.41, 5.74) is 8.16. The lowest BCUT2D eigenvalue weighted by Gasteiger charge is -2.22. The van der Waals surface area contributed by atoms with E-state index in [0.29, 0.717) is 49.2 Å². The maximum absolute atomic E-state index is 13.1. The molecule has 2 aromatic heterocycles. The summed E-state index contributed by atoms with van der Waals surface area (Å²) in [5, 5.41) is 12.5. The van der Waals surface area contributed by atoms with Crippen molar-refractivity contribution in [2.24, 2.45) is 5.73 Å². The van der Waals surface area contributed by atoms with E-state index in [9.17, 15) is 4.79 Å². The van der Waals surface area contributed by atoms with Crippen LogP contribution in [0.2, 0.25) is 0 Å². The van der Waals surface area contributed by atoms with Gasteiger partial charge in [0, 0.05) is 25.7 Å². The summed E-state index contributed by atoms with van der Waals surface area (Å²) in [6, 6.07) is 13.6. The van der Waals surface area contributed by atoms with Gasteiger partial charge in [0.25, 0.3) is 5.91 Å². The standard InChI is InChI=1S/C21H26N6O2.ClH/c1-3-29-20-10-9-19(24-25-20)27-16(2)18(15-23-27)21(28)26(14-12-22)13-11-17-7-5-4-6-8-17;/h4-10,15H,3,11-14,22H2,1-2H3;1H. The van der Waals surface area contributed by atoms with E-state index in [1.807, 2.05) is 32.0 Å². The lowest BCUT2D eigenvalue weighted by Crippen LogP contribution is -2.37. The Morgan fingerprint density at radius 1 is 1.13 bits per heavy atom. The second-order valence-electron chi connectivity index (χ2n) is 6.53. The molecule has 0 aliphatic heterocycles. The molecule has 160 valence electrons. The minimum absolute atomic E-state index is 0. The van der Waals surface area contributed by atoms with Gasteiger partial charge in [-0.1, -0.05) is 30.3 Å². The van der Waals surface area contributed by atoms with E-state index < -0.39 is 0 Å². The monoisotopic (exact) mass is 430 g/mol. The molecule has 0 saturated heterocycles. The Hall–Kier alpha value is -2.97. The van der Waals surface area contributed by atoms with E-state index >= 15 is 0 Å². The minimum Gasteiger partial charge on any atom is -0.477 e. The van der Waals surface area contributed by atoms with Crippen LogP contribution in [0.1, 0.15) is 28.5 Å². The van der Waals surface area contributed by atoms with Gasteiger partial charge in [-0.05, 0) is 31.9 Å². The van der Waals surface area contributed by atoms with E-state index in [-0.39, 0.29) is 18.3 Å². The normalized spacial score (nSPS) is 10.4. The van der Waals surface area contributed by atoms with Crippen LogP contribution in [-0.2, 0) is 6.42 Å². The first-order valence-corrected chi connectivity index (χ1v) is 9.68. The molecule has 1 aromatic carbocycles. The van der Waals surface area contributed by atoms with Crippen molar-refractivity contribution in [3.63, 3.8) is 0 Å². The molecule has 0 atom stereocenters. The highest BCUT2D eigenvalue weighted by molar-refractivity contribution is 5.95. The van der Waals surface area contributed by atoms with Crippen molar-refractivity contribution in [2.75, 3.05) is 26.2 Å². The number of ether oxygens (including phenoxy) is 1. The van der Waals surface area contributed by atoms with Gasteiger partial charge in [0.1, 0.15) is 0 Å². The number of hydrogen-bond donors (Lipinski definition) is 1. The molecule has 3 aromatic rings. The van der Waals surface area contributed by atoms with Crippen LogP contribution in [0.4, 0.5) is 0 Å². The molecule has 3 rings (SSSR count). The first-order chi connectivity index (χ1) is 14.1. The van der Waals surface area contributed by atoms with Crippen LogP contribution in [0, 0.1) is 6.92 Å². The van der Waals surface area contributed by atoms with Crippen LogP contribution >= 0.6 is 12.4 Å². The van der Waals surface area contributed by atoms with Crippen LogP contribution in [0.5, 0.6) is 5.88 Å². The second kappa shape index (κ2) is 11.3. The number of hydrogen-bond acceptors (Lipinski definition) is 6. The van der Waals surface area contributed by atoms with Crippen molar-refractivity contribution in [2.45, 2.75) is 20.3 Å². The van der Waals surface area contributed by atoms with Crippen LogP contribution in [-0.4, -0.2) is 57.0 Å². The molecule has 0 aliphatic rings. The highest BCUT2D eigenvalue weighted by atomic mass is 35.5. The molecule has 9 heteroatoms. The first kappa shape index (κ1) is 23.3. The summed E-state index contributed by atoms with van der Waals surface area (Å²) in [6.07, 6.45) is 2.34. The maximum atomic E-state index is 13.1. The van der Waals surface area contributed by atoms with Crippen molar-refractivity contribution in [3.05, 3.63) is 65.5 Å². The molecule has 0 fully saturated rings. The molecule has 0 bridgehead atoms. The first-order valence-electron chi connectivity index (χ1n) is 9.68. The van der Waals surface area contributed by atoms with E-state index in [1.54, 1.807) is 27.9 Å². The minimum atomic E-state index is -0.0889. The molecular weight excluding hydrogens is 404 g/mol. The Morgan fingerprint density at radius 3 is 2.53 bits per heavy atom. The summed E-state index contributed by atoms with van der Waals surface area (Å²) >= 11 is 0. The van der Waals surface area contributed by atoms with Gasteiger partial charge in [0.05, 0.1) is 24.1 Å². The summed E-state index contributed by atoms with van der Waals surface area (Å²) in [6.45, 7) is 5.73. The third kappa shape index (κ3) is 5.55. The Balaban J connectivity index is 0.00000320. The number of halogens is 1. The molecular formula is C21H27ClN6O2. The Bertz CT molecular complexity index is 930. The maximum Gasteiger partial charge on any atom is 0.257 e. The largest absolute Gasteiger partial charge is 0.477 e. The highest BCUT2D eigenvalue weighted by Gasteiger charge is 2.21. The van der Waals surface area contributed by atoms with Crippen LogP contribution < -0.4 is 10.5 Å². The van der Waals surface area contributed by atoms with Crippen LogP contribution in [0.3, 0.4) is 0 Å². The molecule has 0 radical (unpaired) electrons. The van der Waals surface area contributed by atoms with Gasteiger partial charge in [-0.3, -0.25) is 4.79 Å². The summed E-state index contributed by atoms with van der Waals surface area (Å²) in [4.78, 5) is 14.9. The number of carbonyl (C=O) groups is 1. The molecule has 0 spiro atoms. The molecule has 0 unspecified atom stereocenters. The highest BCUT2D eigenvalue weighted by Crippen LogP contribution is 2.16.